The topological polar surface area (TPSA) is 41.5 Å². The van der Waals surface area contributed by atoms with Crippen LogP contribution >= 0.6 is 23.2 Å². The van der Waals surface area contributed by atoms with Gasteiger partial charge in [0.25, 0.3) is 0 Å². The van der Waals surface area contributed by atoms with Gasteiger partial charge in [0.2, 0.25) is 0 Å². The molecule has 1 aliphatic rings. The predicted octanol–water partition coefficient (Wildman–Crippen LogP) is 3.43. The molecular weight excluding hydrogens is 297 g/mol. The van der Waals surface area contributed by atoms with Gasteiger partial charge in [0.1, 0.15) is 0 Å². The third-order valence-corrected chi connectivity index (χ3v) is 4.35. The van der Waals surface area contributed by atoms with E-state index >= 15 is 0 Å². The highest BCUT2D eigenvalue weighted by Crippen LogP contribution is 2.31. The molecular formula is C15H21Cl2NO2. The first-order valence-electron chi connectivity index (χ1n) is 6.97. The van der Waals surface area contributed by atoms with Gasteiger partial charge in [-0.15, -0.1) is 0 Å². The van der Waals surface area contributed by atoms with Crippen LogP contribution in [0, 0.1) is 5.41 Å². The zero-order valence-electron chi connectivity index (χ0n) is 11.7. The van der Waals surface area contributed by atoms with Crippen molar-refractivity contribution in [2.75, 3.05) is 26.4 Å². The summed E-state index contributed by atoms with van der Waals surface area (Å²) in [6.45, 7) is 4.25. The SMILES string of the molecule is CCCC(NCC1(CO)COC1)c1ccc(Cl)cc1Cl. The molecule has 2 rings (SSSR count). The maximum atomic E-state index is 9.48. The van der Waals surface area contributed by atoms with E-state index in [1.807, 2.05) is 12.1 Å². The van der Waals surface area contributed by atoms with Gasteiger partial charge in [0.15, 0.2) is 0 Å². The lowest BCUT2D eigenvalue weighted by Crippen LogP contribution is -2.52. The van der Waals surface area contributed by atoms with Crippen molar-refractivity contribution < 1.29 is 9.84 Å². The van der Waals surface area contributed by atoms with Gasteiger partial charge in [-0.3, -0.25) is 0 Å². The minimum Gasteiger partial charge on any atom is -0.396 e. The quantitative estimate of drug-likeness (QED) is 0.809. The number of hydrogen-bond donors (Lipinski definition) is 2. The molecule has 1 aromatic carbocycles. The molecule has 0 radical (unpaired) electrons. The molecule has 5 heteroatoms. The molecule has 20 heavy (non-hydrogen) atoms. The van der Waals surface area contributed by atoms with Gasteiger partial charge in [-0.05, 0) is 24.1 Å². The van der Waals surface area contributed by atoms with E-state index in [1.165, 1.54) is 0 Å². The number of halogens is 2. The predicted molar refractivity (Wildman–Crippen MR) is 82.5 cm³/mol. The summed E-state index contributed by atoms with van der Waals surface area (Å²) >= 11 is 12.2. The summed E-state index contributed by atoms with van der Waals surface area (Å²) in [6, 6.07) is 5.79. The molecule has 1 aromatic rings. The molecule has 2 N–H and O–H groups in total. The fourth-order valence-corrected chi connectivity index (χ4v) is 2.96. The van der Waals surface area contributed by atoms with Crippen LogP contribution in [0.25, 0.3) is 0 Å². The van der Waals surface area contributed by atoms with Crippen LogP contribution in [0.5, 0.6) is 0 Å². The first kappa shape index (κ1) is 16.1. The fourth-order valence-electron chi connectivity index (χ4n) is 2.42. The van der Waals surface area contributed by atoms with E-state index in [1.54, 1.807) is 6.07 Å². The van der Waals surface area contributed by atoms with E-state index in [0.717, 1.165) is 24.9 Å². The third kappa shape index (κ3) is 3.66. The molecule has 1 unspecified atom stereocenters. The second-order valence-electron chi connectivity index (χ2n) is 5.54. The molecule has 1 atom stereocenters. The Morgan fingerprint density at radius 1 is 1.40 bits per heavy atom. The zero-order chi connectivity index (χ0) is 14.6. The molecule has 0 bridgehead atoms. The number of ether oxygens (including phenoxy) is 1. The van der Waals surface area contributed by atoms with Crippen molar-refractivity contribution in [2.45, 2.75) is 25.8 Å². The summed E-state index contributed by atoms with van der Waals surface area (Å²) in [7, 11) is 0. The first-order chi connectivity index (χ1) is 9.60. The molecule has 0 aromatic heterocycles. The highest BCUT2D eigenvalue weighted by molar-refractivity contribution is 6.35. The average Bonchev–Trinajstić information content (AvgIpc) is 2.37. The lowest BCUT2D eigenvalue weighted by molar-refractivity contribution is -0.135. The monoisotopic (exact) mass is 317 g/mol. The van der Waals surface area contributed by atoms with Crippen LogP contribution in [0.15, 0.2) is 18.2 Å². The highest BCUT2D eigenvalue weighted by atomic mass is 35.5. The summed E-state index contributed by atoms with van der Waals surface area (Å²) in [5.74, 6) is 0. The number of benzene rings is 1. The minimum absolute atomic E-state index is 0.134. The van der Waals surface area contributed by atoms with Crippen molar-refractivity contribution >= 4 is 23.2 Å². The molecule has 0 amide bonds. The van der Waals surface area contributed by atoms with Crippen molar-refractivity contribution in [2.24, 2.45) is 5.41 Å². The van der Waals surface area contributed by atoms with Crippen LogP contribution in [0.3, 0.4) is 0 Å². The maximum absolute atomic E-state index is 9.48. The summed E-state index contributed by atoms with van der Waals surface area (Å²) in [6.07, 6.45) is 2.04. The Balaban J connectivity index is 2.06. The van der Waals surface area contributed by atoms with Crippen LogP contribution in [0.1, 0.15) is 31.4 Å². The number of rotatable bonds is 7. The summed E-state index contributed by atoms with van der Waals surface area (Å²) < 4.78 is 5.22. The molecule has 1 saturated heterocycles. The Hall–Kier alpha value is -0.320. The van der Waals surface area contributed by atoms with Crippen LogP contribution in [-0.4, -0.2) is 31.5 Å². The second kappa shape index (κ2) is 7.10. The molecule has 0 spiro atoms. The maximum Gasteiger partial charge on any atom is 0.0579 e. The van der Waals surface area contributed by atoms with E-state index in [4.69, 9.17) is 27.9 Å². The van der Waals surface area contributed by atoms with Crippen LogP contribution in [-0.2, 0) is 4.74 Å². The van der Waals surface area contributed by atoms with Gasteiger partial charge >= 0.3 is 0 Å². The molecule has 0 saturated carbocycles. The largest absolute Gasteiger partial charge is 0.396 e. The zero-order valence-corrected chi connectivity index (χ0v) is 13.2. The Kier molecular flexibility index (Phi) is 5.70. The lowest BCUT2D eigenvalue weighted by Gasteiger charge is -2.41. The Morgan fingerprint density at radius 3 is 2.65 bits per heavy atom. The standard InChI is InChI=1S/C15H21Cl2NO2/c1-2-3-14(12-5-4-11(16)6-13(12)17)18-7-15(8-19)9-20-10-15/h4-6,14,18-19H,2-3,7-10H2,1H3. The van der Waals surface area contributed by atoms with Gasteiger partial charge in [-0.1, -0.05) is 42.6 Å². The van der Waals surface area contributed by atoms with Crippen LogP contribution in [0.2, 0.25) is 10.0 Å². The average molecular weight is 318 g/mol. The van der Waals surface area contributed by atoms with Crippen molar-refractivity contribution in [3.8, 4) is 0 Å². The minimum atomic E-state index is -0.134. The number of nitrogens with one attached hydrogen (secondary N) is 1. The van der Waals surface area contributed by atoms with Gasteiger partial charge in [0.05, 0.1) is 25.2 Å². The number of aliphatic hydroxyl groups is 1. The molecule has 3 nitrogen and oxygen atoms in total. The number of hydrogen-bond acceptors (Lipinski definition) is 3. The molecule has 1 fully saturated rings. The van der Waals surface area contributed by atoms with Crippen molar-refractivity contribution in [1.82, 2.24) is 5.32 Å². The first-order valence-corrected chi connectivity index (χ1v) is 7.73. The summed E-state index contributed by atoms with van der Waals surface area (Å²) in [5, 5.41) is 14.3. The summed E-state index contributed by atoms with van der Waals surface area (Å²) in [4.78, 5) is 0. The normalized spacial score (nSPS) is 18.6. The Bertz CT molecular complexity index is 444. The number of aliphatic hydroxyl groups excluding tert-OH is 1. The molecule has 1 aliphatic heterocycles. The van der Waals surface area contributed by atoms with Crippen molar-refractivity contribution in [3.63, 3.8) is 0 Å². The van der Waals surface area contributed by atoms with E-state index in [9.17, 15) is 5.11 Å². The molecule has 0 aliphatic carbocycles. The van der Waals surface area contributed by atoms with Crippen molar-refractivity contribution in [1.29, 1.82) is 0 Å². The van der Waals surface area contributed by atoms with Gasteiger partial charge < -0.3 is 15.2 Å². The van der Waals surface area contributed by atoms with E-state index in [-0.39, 0.29) is 18.1 Å². The van der Waals surface area contributed by atoms with Gasteiger partial charge in [-0.2, -0.15) is 0 Å². The van der Waals surface area contributed by atoms with Gasteiger partial charge in [-0.25, -0.2) is 0 Å². The lowest BCUT2D eigenvalue weighted by atomic mass is 9.86. The second-order valence-corrected chi connectivity index (χ2v) is 6.38. The third-order valence-electron chi connectivity index (χ3n) is 3.79. The Morgan fingerprint density at radius 2 is 2.15 bits per heavy atom. The van der Waals surface area contributed by atoms with Gasteiger partial charge in [0, 0.05) is 22.6 Å². The smallest absolute Gasteiger partial charge is 0.0579 e. The Labute approximate surface area is 130 Å². The van der Waals surface area contributed by atoms with Crippen LogP contribution < -0.4 is 5.32 Å². The molecule has 112 valence electrons. The summed E-state index contributed by atoms with van der Waals surface area (Å²) in [5.41, 5.74) is 0.927. The molecule has 1 heterocycles. The van der Waals surface area contributed by atoms with E-state index in [2.05, 4.69) is 12.2 Å². The highest BCUT2D eigenvalue weighted by Gasteiger charge is 2.38. The van der Waals surface area contributed by atoms with Crippen molar-refractivity contribution in [3.05, 3.63) is 33.8 Å². The van der Waals surface area contributed by atoms with E-state index in [0.29, 0.717) is 23.3 Å². The fraction of sp³-hybridized carbons (Fsp3) is 0.600. The van der Waals surface area contributed by atoms with Crippen LogP contribution in [0.4, 0.5) is 0 Å². The van der Waals surface area contributed by atoms with E-state index < -0.39 is 0 Å².